The Hall–Kier alpha value is -2.01. The molecule has 1 unspecified atom stereocenters. The maximum Gasteiger partial charge on any atom is 0.225 e. The number of nitrogen functional groups attached to an aromatic ring is 1. The lowest BCUT2D eigenvalue weighted by molar-refractivity contribution is 0.397. The summed E-state index contributed by atoms with van der Waals surface area (Å²) in [6, 6.07) is 9.57. The molecule has 1 heterocycles. The van der Waals surface area contributed by atoms with Crippen LogP contribution in [-0.2, 0) is 0 Å². The SMILES string of the molecule is COc1cc(N(C)C(C)c2cccc(Cl)c2)nc(N)n1. The molecule has 1 aromatic carbocycles. The first-order chi connectivity index (χ1) is 9.51. The number of hydrogen-bond acceptors (Lipinski definition) is 5. The highest BCUT2D eigenvalue weighted by atomic mass is 35.5. The predicted molar refractivity (Wildman–Crippen MR) is 81.3 cm³/mol. The molecule has 0 radical (unpaired) electrons. The van der Waals surface area contributed by atoms with Crippen molar-refractivity contribution in [2.75, 3.05) is 24.8 Å². The molecule has 2 N–H and O–H groups in total. The molecule has 2 rings (SSSR count). The maximum atomic E-state index is 6.03. The number of nitrogens with zero attached hydrogens (tertiary/aromatic N) is 3. The van der Waals surface area contributed by atoms with E-state index < -0.39 is 0 Å². The molecular formula is C14H17ClN4O. The Kier molecular flexibility index (Phi) is 4.29. The zero-order valence-electron chi connectivity index (χ0n) is 11.7. The average molecular weight is 293 g/mol. The van der Waals surface area contributed by atoms with Gasteiger partial charge in [0.05, 0.1) is 13.2 Å². The van der Waals surface area contributed by atoms with Crippen molar-refractivity contribution in [1.29, 1.82) is 0 Å². The van der Waals surface area contributed by atoms with Gasteiger partial charge in [0.25, 0.3) is 0 Å². The lowest BCUT2D eigenvalue weighted by Gasteiger charge is -2.26. The van der Waals surface area contributed by atoms with Crippen molar-refractivity contribution in [2.45, 2.75) is 13.0 Å². The van der Waals surface area contributed by atoms with E-state index in [1.807, 2.05) is 36.2 Å². The number of benzene rings is 1. The summed E-state index contributed by atoms with van der Waals surface area (Å²) in [5.41, 5.74) is 6.78. The van der Waals surface area contributed by atoms with Gasteiger partial charge in [-0.3, -0.25) is 0 Å². The van der Waals surface area contributed by atoms with Gasteiger partial charge in [-0.25, -0.2) is 0 Å². The van der Waals surface area contributed by atoms with Crippen molar-refractivity contribution in [1.82, 2.24) is 9.97 Å². The second kappa shape index (κ2) is 5.96. The second-order valence-corrected chi connectivity index (χ2v) is 4.91. The number of ether oxygens (including phenoxy) is 1. The van der Waals surface area contributed by atoms with Gasteiger partial charge in [0.15, 0.2) is 0 Å². The van der Waals surface area contributed by atoms with Crippen LogP contribution in [0.3, 0.4) is 0 Å². The number of anilines is 2. The van der Waals surface area contributed by atoms with Crippen LogP contribution in [-0.4, -0.2) is 24.1 Å². The van der Waals surface area contributed by atoms with Crippen LogP contribution in [0.4, 0.5) is 11.8 Å². The van der Waals surface area contributed by atoms with E-state index in [9.17, 15) is 0 Å². The second-order valence-electron chi connectivity index (χ2n) is 4.47. The van der Waals surface area contributed by atoms with E-state index in [1.165, 1.54) is 0 Å². The minimum absolute atomic E-state index is 0.0905. The fraction of sp³-hybridized carbons (Fsp3) is 0.286. The quantitative estimate of drug-likeness (QED) is 0.938. The van der Waals surface area contributed by atoms with Crippen LogP contribution < -0.4 is 15.4 Å². The van der Waals surface area contributed by atoms with Gasteiger partial charge >= 0.3 is 0 Å². The predicted octanol–water partition coefficient (Wildman–Crippen LogP) is 2.92. The Morgan fingerprint density at radius 3 is 2.70 bits per heavy atom. The normalized spacial score (nSPS) is 12.0. The van der Waals surface area contributed by atoms with Gasteiger partial charge in [-0.05, 0) is 24.6 Å². The summed E-state index contributed by atoms with van der Waals surface area (Å²) in [7, 11) is 3.48. The molecule has 6 heteroatoms. The molecule has 106 valence electrons. The first-order valence-electron chi connectivity index (χ1n) is 6.18. The average Bonchev–Trinajstić information content (AvgIpc) is 2.45. The number of hydrogen-bond donors (Lipinski definition) is 1. The van der Waals surface area contributed by atoms with Crippen LogP contribution in [0.25, 0.3) is 0 Å². The largest absolute Gasteiger partial charge is 0.481 e. The molecular weight excluding hydrogens is 276 g/mol. The third kappa shape index (κ3) is 3.11. The molecule has 0 amide bonds. The molecule has 0 saturated heterocycles. The number of rotatable bonds is 4. The van der Waals surface area contributed by atoms with Crippen molar-refractivity contribution >= 4 is 23.4 Å². The monoisotopic (exact) mass is 292 g/mol. The lowest BCUT2D eigenvalue weighted by atomic mass is 10.1. The summed E-state index contributed by atoms with van der Waals surface area (Å²) in [5, 5.41) is 0.711. The van der Waals surface area contributed by atoms with Crippen molar-refractivity contribution in [3.05, 3.63) is 40.9 Å². The third-order valence-electron chi connectivity index (χ3n) is 3.19. The molecule has 0 bridgehead atoms. The van der Waals surface area contributed by atoms with Gasteiger partial charge < -0.3 is 15.4 Å². The Morgan fingerprint density at radius 2 is 2.05 bits per heavy atom. The van der Waals surface area contributed by atoms with Crippen LogP contribution in [0.15, 0.2) is 30.3 Å². The summed E-state index contributed by atoms with van der Waals surface area (Å²) in [4.78, 5) is 10.2. The third-order valence-corrected chi connectivity index (χ3v) is 3.42. The standard InChI is InChI=1S/C14H17ClN4O/c1-9(10-5-4-6-11(15)7-10)19(2)12-8-13(20-3)18-14(16)17-12/h4-9H,1-3H3,(H2,16,17,18). The Morgan fingerprint density at radius 1 is 1.30 bits per heavy atom. The number of nitrogens with two attached hydrogens (primary N) is 1. The number of methoxy groups -OCH3 is 1. The highest BCUT2D eigenvalue weighted by molar-refractivity contribution is 6.30. The molecule has 0 aliphatic rings. The van der Waals surface area contributed by atoms with Crippen LogP contribution in [0.5, 0.6) is 5.88 Å². The minimum Gasteiger partial charge on any atom is -0.481 e. The molecule has 0 spiro atoms. The summed E-state index contributed by atoms with van der Waals surface area (Å²) in [6.07, 6.45) is 0. The summed E-state index contributed by atoms with van der Waals surface area (Å²) in [5.74, 6) is 1.32. The van der Waals surface area contributed by atoms with Gasteiger partial charge in [-0.15, -0.1) is 0 Å². The molecule has 0 saturated carbocycles. The van der Waals surface area contributed by atoms with E-state index in [0.717, 1.165) is 5.56 Å². The maximum absolute atomic E-state index is 6.03. The Balaban J connectivity index is 2.30. The lowest BCUT2D eigenvalue weighted by Crippen LogP contribution is -2.23. The van der Waals surface area contributed by atoms with E-state index in [2.05, 4.69) is 16.9 Å². The van der Waals surface area contributed by atoms with Crippen LogP contribution in [0, 0.1) is 0 Å². The zero-order chi connectivity index (χ0) is 14.7. The minimum atomic E-state index is 0.0905. The first kappa shape index (κ1) is 14.4. The highest BCUT2D eigenvalue weighted by Gasteiger charge is 2.15. The summed E-state index contributed by atoms with van der Waals surface area (Å²) in [6.45, 7) is 2.07. The van der Waals surface area contributed by atoms with Crippen LogP contribution in [0.2, 0.25) is 5.02 Å². The van der Waals surface area contributed by atoms with Gasteiger partial charge in [0, 0.05) is 18.1 Å². The van der Waals surface area contributed by atoms with E-state index in [0.29, 0.717) is 16.7 Å². The van der Waals surface area contributed by atoms with Gasteiger partial charge in [-0.2, -0.15) is 9.97 Å². The zero-order valence-corrected chi connectivity index (χ0v) is 12.4. The number of aromatic nitrogens is 2. The topological polar surface area (TPSA) is 64.3 Å². The summed E-state index contributed by atoms with van der Waals surface area (Å²) < 4.78 is 5.11. The van der Waals surface area contributed by atoms with Crippen molar-refractivity contribution in [3.63, 3.8) is 0 Å². The van der Waals surface area contributed by atoms with Crippen LogP contribution in [0.1, 0.15) is 18.5 Å². The molecule has 1 aromatic heterocycles. The smallest absolute Gasteiger partial charge is 0.225 e. The van der Waals surface area contributed by atoms with E-state index in [1.54, 1.807) is 13.2 Å². The van der Waals surface area contributed by atoms with Gasteiger partial charge in [-0.1, -0.05) is 23.7 Å². The van der Waals surface area contributed by atoms with E-state index in [-0.39, 0.29) is 12.0 Å². The Bertz CT molecular complexity index is 605. The molecule has 0 aliphatic carbocycles. The van der Waals surface area contributed by atoms with Crippen molar-refractivity contribution in [3.8, 4) is 5.88 Å². The van der Waals surface area contributed by atoms with Crippen molar-refractivity contribution in [2.24, 2.45) is 0 Å². The van der Waals surface area contributed by atoms with Crippen molar-refractivity contribution < 1.29 is 4.74 Å². The molecule has 0 aliphatic heterocycles. The molecule has 20 heavy (non-hydrogen) atoms. The highest BCUT2D eigenvalue weighted by Crippen LogP contribution is 2.27. The van der Waals surface area contributed by atoms with E-state index >= 15 is 0 Å². The molecule has 1 atom stereocenters. The molecule has 2 aromatic rings. The Labute approximate surface area is 123 Å². The van der Waals surface area contributed by atoms with Crippen LogP contribution >= 0.6 is 11.6 Å². The number of halogens is 1. The fourth-order valence-corrected chi connectivity index (χ4v) is 2.10. The molecule has 5 nitrogen and oxygen atoms in total. The van der Waals surface area contributed by atoms with E-state index in [4.69, 9.17) is 22.1 Å². The molecule has 0 fully saturated rings. The first-order valence-corrected chi connectivity index (χ1v) is 6.56. The summed E-state index contributed by atoms with van der Waals surface area (Å²) >= 11 is 6.03. The van der Waals surface area contributed by atoms with Gasteiger partial charge in [0.2, 0.25) is 11.8 Å². The fourth-order valence-electron chi connectivity index (χ4n) is 1.90. The van der Waals surface area contributed by atoms with Gasteiger partial charge in [0.1, 0.15) is 5.82 Å².